The Morgan fingerprint density at radius 2 is 1.71 bits per heavy atom. The van der Waals surface area contributed by atoms with Gasteiger partial charge in [0.15, 0.2) is 5.82 Å². The van der Waals surface area contributed by atoms with Crippen LogP contribution in [-0.2, 0) is 27.5 Å². The molecular weight excluding hydrogens is 577 g/mol. The highest BCUT2D eigenvalue weighted by Crippen LogP contribution is 2.37. The van der Waals surface area contributed by atoms with Gasteiger partial charge in [-0.15, -0.1) is 5.10 Å². The van der Waals surface area contributed by atoms with Crippen molar-refractivity contribution in [3.05, 3.63) is 53.2 Å². The van der Waals surface area contributed by atoms with Gasteiger partial charge in [0.05, 0.1) is 11.8 Å². The molecule has 230 valence electrons. The van der Waals surface area contributed by atoms with Gasteiger partial charge in [-0.25, -0.2) is 18.0 Å². The molecule has 0 aliphatic carbocycles. The number of hydrogen-bond donors (Lipinski definition) is 1. The number of nitrogens with zero attached hydrogens (tertiary/aromatic N) is 5. The molecule has 0 atom stereocenters. The van der Waals surface area contributed by atoms with Crippen LogP contribution in [0, 0.1) is 0 Å². The van der Waals surface area contributed by atoms with E-state index in [4.69, 9.17) is 4.74 Å². The van der Waals surface area contributed by atoms with Gasteiger partial charge >= 0.3 is 18.3 Å². The summed E-state index contributed by atoms with van der Waals surface area (Å²) in [5.41, 5.74) is -0.0460. The molecule has 4 rings (SSSR count). The lowest BCUT2D eigenvalue weighted by Gasteiger charge is -2.34. The summed E-state index contributed by atoms with van der Waals surface area (Å²) in [6.07, 6.45) is -0.762. The molecule has 1 saturated heterocycles. The summed E-state index contributed by atoms with van der Waals surface area (Å²) < 4.78 is 73.2. The predicted octanol–water partition coefficient (Wildman–Crippen LogP) is 4.08. The number of ether oxygens (including phenoxy) is 1. The smallest absolute Gasteiger partial charge is 0.416 e. The number of aromatic nitrogens is 2. The predicted molar refractivity (Wildman–Crippen MR) is 150 cm³/mol. The largest absolute Gasteiger partial charge is 0.444 e. The fourth-order valence-electron chi connectivity index (χ4n) is 4.78. The molecule has 11 nitrogen and oxygen atoms in total. The van der Waals surface area contributed by atoms with Gasteiger partial charge in [-0.3, -0.25) is 9.62 Å². The molecule has 2 aliphatic rings. The van der Waals surface area contributed by atoms with Gasteiger partial charge in [0.1, 0.15) is 5.60 Å². The highest BCUT2D eigenvalue weighted by atomic mass is 32.2. The standard InChI is InChI=1S/C27H35F3N6O5S/c1-26(2,3)41-25(38)35-10-7-20(8-11-35)21-17-19(5-6-22(21)27(28,29)30)18-33-13-15-34(16-14-33)24(37)36-12-9-23(31-36)32-42(4,39)40/h5-7,9,12,17H,8,10-11,13-16,18H2,1-4H3,(H,31,32). The van der Waals surface area contributed by atoms with E-state index < -0.39 is 39.5 Å². The SMILES string of the molecule is CC(C)(C)OC(=O)N1CC=C(c2cc(CN3CCN(C(=O)n4ccc(NS(C)(=O)=O)n4)CC3)ccc2C(F)(F)F)CC1. The minimum atomic E-state index is -4.54. The molecule has 1 fully saturated rings. The van der Waals surface area contributed by atoms with E-state index in [1.54, 1.807) is 37.8 Å². The minimum Gasteiger partial charge on any atom is -0.444 e. The van der Waals surface area contributed by atoms with Gasteiger partial charge in [-0.05, 0) is 56.0 Å². The maximum Gasteiger partial charge on any atom is 0.416 e. The number of nitrogens with one attached hydrogen (secondary N) is 1. The van der Waals surface area contributed by atoms with Crippen LogP contribution in [0.1, 0.15) is 43.9 Å². The number of carbonyl (C=O) groups excluding carboxylic acids is 2. The number of amides is 2. The second-order valence-corrected chi connectivity index (χ2v) is 13.1. The van der Waals surface area contributed by atoms with Crippen molar-refractivity contribution in [2.45, 2.75) is 45.5 Å². The molecule has 42 heavy (non-hydrogen) atoms. The summed E-state index contributed by atoms with van der Waals surface area (Å²) in [7, 11) is -3.53. The highest BCUT2D eigenvalue weighted by molar-refractivity contribution is 7.92. The number of hydrogen-bond acceptors (Lipinski definition) is 7. The normalized spacial score (nSPS) is 17.2. The summed E-state index contributed by atoms with van der Waals surface area (Å²) in [6.45, 7) is 7.79. The molecule has 1 N–H and O–H groups in total. The number of halogens is 3. The molecular formula is C27H35F3N6O5S. The molecule has 1 aromatic carbocycles. The summed E-state index contributed by atoms with van der Waals surface area (Å²) in [6, 6.07) is 5.12. The van der Waals surface area contributed by atoms with Crippen LogP contribution in [-0.4, -0.2) is 96.1 Å². The average molecular weight is 613 g/mol. The molecule has 2 aromatic rings. The summed E-state index contributed by atoms with van der Waals surface area (Å²) in [5, 5.41) is 3.97. The van der Waals surface area contributed by atoms with Crippen LogP contribution in [0.15, 0.2) is 36.5 Å². The van der Waals surface area contributed by atoms with Crippen molar-refractivity contribution in [2.24, 2.45) is 0 Å². The second kappa shape index (κ2) is 12.0. The molecule has 1 aromatic heterocycles. The Kier molecular flexibility index (Phi) is 8.92. The summed E-state index contributed by atoms with van der Waals surface area (Å²) >= 11 is 0. The number of rotatable bonds is 5. The Hall–Kier alpha value is -3.59. The van der Waals surface area contributed by atoms with Crippen LogP contribution in [0.4, 0.5) is 28.6 Å². The quantitative estimate of drug-likeness (QED) is 0.541. The number of carbonyl (C=O) groups is 2. The third-order valence-corrected chi connectivity index (χ3v) is 7.30. The fraction of sp³-hybridized carbons (Fsp3) is 0.519. The van der Waals surface area contributed by atoms with E-state index in [-0.39, 0.29) is 30.9 Å². The molecule has 0 saturated carbocycles. The van der Waals surface area contributed by atoms with Gasteiger partial charge in [0.25, 0.3) is 0 Å². The maximum atomic E-state index is 13.9. The molecule has 0 spiro atoms. The lowest BCUT2D eigenvalue weighted by Crippen LogP contribution is -2.49. The fourth-order valence-corrected chi connectivity index (χ4v) is 5.27. The number of anilines is 1. The molecule has 15 heteroatoms. The first-order valence-electron chi connectivity index (χ1n) is 13.4. The lowest BCUT2D eigenvalue weighted by atomic mass is 9.92. The number of piperazine rings is 1. The molecule has 0 radical (unpaired) electrons. The topological polar surface area (TPSA) is 117 Å². The van der Waals surface area contributed by atoms with Crippen molar-refractivity contribution in [1.29, 1.82) is 0 Å². The van der Waals surface area contributed by atoms with Gasteiger partial charge < -0.3 is 14.5 Å². The van der Waals surface area contributed by atoms with E-state index in [0.29, 0.717) is 43.9 Å². The monoisotopic (exact) mass is 612 g/mol. The van der Waals surface area contributed by atoms with E-state index in [9.17, 15) is 31.2 Å². The Labute approximate surface area is 242 Å². The van der Waals surface area contributed by atoms with Crippen LogP contribution in [0.5, 0.6) is 0 Å². The van der Waals surface area contributed by atoms with Crippen molar-refractivity contribution in [3.8, 4) is 0 Å². The number of alkyl halides is 3. The van der Waals surface area contributed by atoms with Crippen LogP contribution < -0.4 is 4.72 Å². The molecule has 0 unspecified atom stereocenters. The zero-order valence-corrected chi connectivity index (χ0v) is 24.8. The zero-order valence-electron chi connectivity index (χ0n) is 23.9. The van der Waals surface area contributed by atoms with E-state index in [1.807, 2.05) is 0 Å². The van der Waals surface area contributed by atoms with Gasteiger partial charge in [-0.1, -0.05) is 12.1 Å². The maximum absolute atomic E-state index is 13.9. The lowest BCUT2D eigenvalue weighted by molar-refractivity contribution is -0.137. The van der Waals surface area contributed by atoms with Crippen molar-refractivity contribution < 1.29 is 35.9 Å². The Morgan fingerprint density at radius 3 is 2.29 bits per heavy atom. The Bertz CT molecular complexity index is 1460. The first-order valence-corrected chi connectivity index (χ1v) is 15.3. The number of sulfonamides is 1. The molecule has 0 bridgehead atoms. The average Bonchev–Trinajstić information content (AvgIpc) is 3.34. The first-order chi connectivity index (χ1) is 19.5. The van der Waals surface area contributed by atoms with Crippen molar-refractivity contribution in [3.63, 3.8) is 0 Å². The molecule has 3 heterocycles. The molecule has 2 amide bonds. The van der Waals surface area contributed by atoms with Gasteiger partial charge in [0.2, 0.25) is 10.0 Å². The van der Waals surface area contributed by atoms with Gasteiger partial charge in [0, 0.05) is 58.1 Å². The van der Waals surface area contributed by atoms with Crippen molar-refractivity contribution >= 4 is 33.5 Å². The third-order valence-electron chi connectivity index (χ3n) is 6.72. The van der Waals surface area contributed by atoms with E-state index in [2.05, 4.69) is 14.7 Å². The van der Waals surface area contributed by atoms with Crippen LogP contribution >= 0.6 is 0 Å². The Balaban J connectivity index is 1.41. The van der Waals surface area contributed by atoms with Crippen molar-refractivity contribution in [1.82, 2.24) is 24.5 Å². The summed E-state index contributed by atoms with van der Waals surface area (Å²) in [4.78, 5) is 30.3. The second-order valence-electron chi connectivity index (χ2n) is 11.3. The van der Waals surface area contributed by atoms with E-state index in [0.717, 1.165) is 17.0 Å². The minimum absolute atomic E-state index is 0.0354. The highest BCUT2D eigenvalue weighted by Gasteiger charge is 2.35. The van der Waals surface area contributed by atoms with Crippen LogP contribution in [0.2, 0.25) is 0 Å². The number of benzene rings is 1. The van der Waals surface area contributed by atoms with Crippen LogP contribution in [0.25, 0.3) is 5.57 Å². The van der Waals surface area contributed by atoms with E-state index in [1.165, 1.54) is 23.2 Å². The van der Waals surface area contributed by atoms with Crippen molar-refractivity contribution in [2.75, 3.05) is 50.2 Å². The van der Waals surface area contributed by atoms with Crippen LogP contribution in [0.3, 0.4) is 0 Å². The van der Waals surface area contributed by atoms with Gasteiger partial charge in [-0.2, -0.15) is 17.9 Å². The third kappa shape index (κ3) is 8.25. The Morgan fingerprint density at radius 1 is 1.02 bits per heavy atom. The van der Waals surface area contributed by atoms with E-state index >= 15 is 0 Å². The molecule has 2 aliphatic heterocycles. The zero-order chi connectivity index (χ0) is 30.9. The first kappa shape index (κ1) is 31.3. The summed E-state index contributed by atoms with van der Waals surface area (Å²) in [5.74, 6) is 0.0354.